The highest BCUT2D eigenvalue weighted by Crippen LogP contribution is 2.16. The van der Waals surface area contributed by atoms with Crippen LogP contribution in [0.3, 0.4) is 0 Å². The van der Waals surface area contributed by atoms with E-state index in [0.717, 1.165) is 22.7 Å². The lowest BCUT2D eigenvalue weighted by Gasteiger charge is -2.05. The second kappa shape index (κ2) is 6.95. The Morgan fingerprint density at radius 3 is 2.54 bits per heavy atom. The Labute approximate surface area is 140 Å². The van der Waals surface area contributed by atoms with Crippen molar-refractivity contribution < 1.29 is 9.53 Å². The maximum Gasteiger partial charge on any atom is 0.272 e. The maximum absolute atomic E-state index is 12.3. The lowest BCUT2D eigenvalue weighted by atomic mass is 10.2. The van der Waals surface area contributed by atoms with Gasteiger partial charge in [-0.05, 0) is 55.0 Å². The molecule has 1 N–H and O–H groups in total. The molecule has 0 saturated heterocycles. The largest absolute Gasteiger partial charge is 0.497 e. The lowest BCUT2D eigenvalue weighted by molar-refractivity contribution is 0.0945. The molecule has 0 fully saturated rings. The number of nitrogens with one attached hydrogen (secondary N) is 1. The molecule has 0 unspecified atom stereocenters. The van der Waals surface area contributed by atoms with Gasteiger partial charge in [0.15, 0.2) is 5.69 Å². The van der Waals surface area contributed by atoms with Crippen molar-refractivity contribution in [3.8, 4) is 11.4 Å². The molecule has 2 aromatic heterocycles. The number of carbonyl (C=O) groups excluding carboxylic acids is 1. The first-order valence-corrected chi connectivity index (χ1v) is 7.55. The van der Waals surface area contributed by atoms with E-state index in [9.17, 15) is 4.79 Å². The molecular weight excluding hydrogens is 304 g/mol. The van der Waals surface area contributed by atoms with Crippen molar-refractivity contribution >= 4 is 5.91 Å². The van der Waals surface area contributed by atoms with Crippen molar-refractivity contribution in [2.75, 3.05) is 7.11 Å². The minimum atomic E-state index is -0.206. The quantitative estimate of drug-likeness (QED) is 0.783. The SMILES string of the molecule is COc1ccc(-n2nc(C(=O)NCc3ccncc3)cc2C)cc1. The van der Waals surface area contributed by atoms with Crippen LogP contribution in [-0.4, -0.2) is 27.8 Å². The predicted molar refractivity (Wildman–Crippen MR) is 90.3 cm³/mol. The van der Waals surface area contributed by atoms with E-state index in [0.29, 0.717) is 12.2 Å². The van der Waals surface area contributed by atoms with Gasteiger partial charge < -0.3 is 10.1 Å². The number of nitrogens with zero attached hydrogens (tertiary/aromatic N) is 3. The zero-order valence-corrected chi connectivity index (χ0v) is 13.6. The number of benzene rings is 1. The van der Waals surface area contributed by atoms with Crippen molar-refractivity contribution in [1.29, 1.82) is 0 Å². The molecule has 0 bridgehead atoms. The molecule has 3 rings (SSSR count). The molecule has 0 spiro atoms. The average Bonchev–Trinajstić information content (AvgIpc) is 3.02. The van der Waals surface area contributed by atoms with E-state index in [2.05, 4.69) is 15.4 Å². The number of carbonyl (C=O) groups is 1. The smallest absolute Gasteiger partial charge is 0.272 e. The molecule has 24 heavy (non-hydrogen) atoms. The number of aromatic nitrogens is 3. The lowest BCUT2D eigenvalue weighted by Crippen LogP contribution is -2.23. The van der Waals surface area contributed by atoms with Crippen molar-refractivity contribution in [1.82, 2.24) is 20.1 Å². The van der Waals surface area contributed by atoms with Crippen LogP contribution in [-0.2, 0) is 6.54 Å². The Balaban J connectivity index is 1.74. The van der Waals surface area contributed by atoms with Gasteiger partial charge in [0, 0.05) is 24.6 Å². The van der Waals surface area contributed by atoms with E-state index in [1.54, 1.807) is 30.3 Å². The number of hydrogen-bond donors (Lipinski definition) is 1. The number of aryl methyl sites for hydroxylation is 1. The van der Waals surface area contributed by atoms with Crippen LogP contribution >= 0.6 is 0 Å². The monoisotopic (exact) mass is 322 g/mol. The fraction of sp³-hybridized carbons (Fsp3) is 0.167. The Morgan fingerprint density at radius 2 is 1.88 bits per heavy atom. The molecular formula is C18H18N4O2. The summed E-state index contributed by atoms with van der Waals surface area (Å²) >= 11 is 0. The van der Waals surface area contributed by atoms with Crippen LogP contribution in [0, 0.1) is 6.92 Å². The van der Waals surface area contributed by atoms with Crippen molar-refractivity contribution in [2.45, 2.75) is 13.5 Å². The standard InChI is InChI=1S/C18H18N4O2/c1-13-11-17(18(23)20-12-14-7-9-19-10-8-14)21-22(13)15-3-5-16(24-2)6-4-15/h3-11H,12H2,1-2H3,(H,20,23). The summed E-state index contributed by atoms with van der Waals surface area (Å²) in [5, 5.41) is 7.26. The molecule has 0 aliphatic rings. The summed E-state index contributed by atoms with van der Waals surface area (Å²) in [4.78, 5) is 16.2. The molecule has 1 amide bonds. The van der Waals surface area contributed by atoms with E-state index in [4.69, 9.17) is 4.74 Å². The van der Waals surface area contributed by atoms with Gasteiger partial charge in [-0.25, -0.2) is 4.68 Å². The summed E-state index contributed by atoms with van der Waals surface area (Å²) in [5.74, 6) is 0.570. The Hall–Kier alpha value is -3.15. The molecule has 3 aromatic rings. The fourth-order valence-electron chi connectivity index (χ4n) is 2.34. The normalized spacial score (nSPS) is 10.4. The van der Waals surface area contributed by atoms with Crippen LogP contribution in [0.4, 0.5) is 0 Å². The van der Waals surface area contributed by atoms with E-state index >= 15 is 0 Å². The van der Waals surface area contributed by atoms with Gasteiger partial charge >= 0.3 is 0 Å². The predicted octanol–water partition coefficient (Wildman–Crippen LogP) is 2.51. The summed E-state index contributed by atoms with van der Waals surface area (Å²) in [6.45, 7) is 2.35. The molecule has 122 valence electrons. The highest BCUT2D eigenvalue weighted by molar-refractivity contribution is 5.92. The number of amides is 1. The Bertz CT molecular complexity index is 826. The number of rotatable bonds is 5. The van der Waals surface area contributed by atoms with Crippen LogP contribution in [0.1, 0.15) is 21.7 Å². The first kappa shape index (κ1) is 15.7. The third kappa shape index (κ3) is 3.43. The zero-order chi connectivity index (χ0) is 16.9. The van der Waals surface area contributed by atoms with Gasteiger partial charge in [0.25, 0.3) is 5.91 Å². The topological polar surface area (TPSA) is 69.0 Å². The number of pyridine rings is 1. The highest BCUT2D eigenvalue weighted by atomic mass is 16.5. The number of methoxy groups -OCH3 is 1. The molecule has 0 atom stereocenters. The van der Waals surface area contributed by atoms with E-state index < -0.39 is 0 Å². The fourth-order valence-corrected chi connectivity index (χ4v) is 2.34. The minimum absolute atomic E-state index is 0.206. The Kier molecular flexibility index (Phi) is 4.56. The third-order valence-electron chi connectivity index (χ3n) is 3.64. The van der Waals surface area contributed by atoms with Crippen LogP contribution in [0.25, 0.3) is 5.69 Å². The first-order valence-electron chi connectivity index (χ1n) is 7.55. The van der Waals surface area contributed by atoms with Crippen molar-refractivity contribution in [2.24, 2.45) is 0 Å². The van der Waals surface area contributed by atoms with Gasteiger partial charge in [-0.1, -0.05) is 0 Å². The third-order valence-corrected chi connectivity index (χ3v) is 3.64. The summed E-state index contributed by atoms with van der Waals surface area (Å²) in [5.41, 5.74) is 3.14. The van der Waals surface area contributed by atoms with Crippen molar-refractivity contribution in [3.63, 3.8) is 0 Å². The minimum Gasteiger partial charge on any atom is -0.497 e. The van der Waals surface area contributed by atoms with Gasteiger partial charge in [0.05, 0.1) is 12.8 Å². The summed E-state index contributed by atoms with van der Waals surface area (Å²) in [6.07, 6.45) is 3.40. The molecule has 6 heteroatoms. The summed E-state index contributed by atoms with van der Waals surface area (Å²) in [6, 6.07) is 13.0. The first-order chi connectivity index (χ1) is 11.7. The molecule has 2 heterocycles. The molecule has 0 saturated carbocycles. The zero-order valence-electron chi connectivity index (χ0n) is 13.6. The van der Waals surface area contributed by atoms with Gasteiger partial charge in [-0.2, -0.15) is 5.10 Å². The van der Waals surface area contributed by atoms with Crippen LogP contribution in [0.5, 0.6) is 5.75 Å². The van der Waals surface area contributed by atoms with Gasteiger partial charge in [0.2, 0.25) is 0 Å². The molecule has 0 aliphatic carbocycles. The van der Waals surface area contributed by atoms with E-state index in [1.807, 2.05) is 43.3 Å². The summed E-state index contributed by atoms with van der Waals surface area (Å²) in [7, 11) is 1.62. The highest BCUT2D eigenvalue weighted by Gasteiger charge is 2.13. The summed E-state index contributed by atoms with van der Waals surface area (Å²) < 4.78 is 6.89. The maximum atomic E-state index is 12.3. The van der Waals surface area contributed by atoms with Crippen molar-refractivity contribution in [3.05, 3.63) is 71.8 Å². The van der Waals surface area contributed by atoms with Gasteiger partial charge in [0.1, 0.15) is 5.75 Å². The van der Waals surface area contributed by atoms with E-state index in [1.165, 1.54) is 0 Å². The average molecular weight is 322 g/mol. The molecule has 6 nitrogen and oxygen atoms in total. The van der Waals surface area contributed by atoms with Crippen LogP contribution in [0.15, 0.2) is 54.9 Å². The second-order valence-corrected chi connectivity index (χ2v) is 5.32. The molecule has 1 aromatic carbocycles. The molecule has 0 aliphatic heterocycles. The Morgan fingerprint density at radius 1 is 1.17 bits per heavy atom. The van der Waals surface area contributed by atoms with Crippen LogP contribution < -0.4 is 10.1 Å². The van der Waals surface area contributed by atoms with Crippen LogP contribution in [0.2, 0.25) is 0 Å². The van der Waals surface area contributed by atoms with E-state index in [-0.39, 0.29) is 5.91 Å². The second-order valence-electron chi connectivity index (χ2n) is 5.32. The number of hydrogen-bond acceptors (Lipinski definition) is 4. The van der Waals surface area contributed by atoms with Gasteiger partial charge in [-0.15, -0.1) is 0 Å². The number of ether oxygens (including phenoxy) is 1. The molecule has 0 radical (unpaired) electrons. The van der Waals surface area contributed by atoms with Gasteiger partial charge in [-0.3, -0.25) is 9.78 Å².